The van der Waals surface area contributed by atoms with E-state index in [0.717, 1.165) is 6.29 Å². The summed E-state index contributed by atoms with van der Waals surface area (Å²) in [6, 6.07) is 0. The number of ether oxygens (including phenoxy) is 1. The molecule has 0 spiro atoms. The summed E-state index contributed by atoms with van der Waals surface area (Å²) >= 11 is 0. The second-order valence-electron chi connectivity index (χ2n) is 5.05. The minimum absolute atomic E-state index is 0.150. The highest BCUT2D eigenvalue weighted by atomic mass is 16.5. The van der Waals surface area contributed by atoms with Gasteiger partial charge in [-0.3, -0.25) is 0 Å². The van der Waals surface area contributed by atoms with Gasteiger partial charge in [-0.1, -0.05) is 5.21 Å². The van der Waals surface area contributed by atoms with Crippen molar-refractivity contribution in [2.75, 3.05) is 33.0 Å². The van der Waals surface area contributed by atoms with E-state index in [1.165, 1.54) is 4.68 Å². The smallest absolute Gasteiger partial charge is 0.133 e. The molecule has 4 N–H and O–H groups in total. The van der Waals surface area contributed by atoms with E-state index in [2.05, 4.69) is 10.3 Å². The Morgan fingerprint density at radius 2 is 1.95 bits per heavy atom. The number of aliphatic hydroxyl groups is 4. The van der Waals surface area contributed by atoms with Crippen LogP contribution < -0.4 is 0 Å². The molecule has 0 saturated carbocycles. The van der Waals surface area contributed by atoms with Crippen molar-refractivity contribution in [1.29, 1.82) is 0 Å². The lowest BCUT2D eigenvalue weighted by Gasteiger charge is -2.30. The summed E-state index contributed by atoms with van der Waals surface area (Å²) in [6.45, 7) is -1.81. The average Bonchev–Trinajstić information content (AvgIpc) is 3.02. The number of aromatic nitrogens is 3. The van der Waals surface area contributed by atoms with Gasteiger partial charge in [0, 0.05) is 12.6 Å². The van der Waals surface area contributed by atoms with Gasteiger partial charge in [0.25, 0.3) is 0 Å². The van der Waals surface area contributed by atoms with Gasteiger partial charge in [0.1, 0.15) is 17.9 Å². The highest BCUT2D eigenvalue weighted by Gasteiger charge is 2.34. The molecule has 0 saturated heterocycles. The molecule has 1 aromatic heterocycles. The van der Waals surface area contributed by atoms with Gasteiger partial charge in [0.15, 0.2) is 0 Å². The highest BCUT2D eigenvalue weighted by Crippen LogP contribution is 2.17. The lowest BCUT2D eigenvalue weighted by Crippen LogP contribution is -2.47. The number of aliphatic hydroxyl groups excluding tert-OH is 4. The molecule has 9 heteroatoms. The van der Waals surface area contributed by atoms with E-state index in [-0.39, 0.29) is 19.8 Å². The van der Waals surface area contributed by atoms with Gasteiger partial charge >= 0.3 is 0 Å². The normalized spacial score (nSPS) is 12.0. The minimum atomic E-state index is -1.24. The Balaban J connectivity index is 2.78. The third-order valence-corrected chi connectivity index (χ3v) is 3.37. The van der Waals surface area contributed by atoms with Crippen LogP contribution in [-0.4, -0.2) is 80.8 Å². The predicted molar refractivity (Wildman–Crippen MR) is 75.1 cm³/mol. The zero-order valence-corrected chi connectivity index (χ0v) is 12.3. The summed E-state index contributed by atoms with van der Waals surface area (Å²) in [5, 5.41) is 45.0. The van der Waals surface area contributed by atoms with Crippen molar-refractivity contribution >= 4 is 6.29 Å². The van der Waals surface area contributed by atoms with Gasteiger partial charge in [-0.05, 0) is 12.8 Å². The third-order valence-electron chi connectivity index (χ3n) is 3.37. The standard InChI is InChI=1S/C13H23N3O6/c17-4-2-1-3-11-5-16(15-14-11)13(8-20,9-21)10-22-12(6-18)7-19/h4-5,12,18-21H,1-3,6-10H2. The van der Waals surface area contributed by atoms with Crippen LogP contribution in [0.4, 0.5) is 0 Å². The first-order valence-corrected chi connectivity index (χ1v) is 7.06. The van der Waals surface area contributed by atoms with E-state index in [9.17, 15) is 15.0 Å². The molecular formula is C13H23N3O6. The maximum atomic E-state index is 10.3. The summed E-state index contributed by atoms with van der Waals surface area (Å²) in [5.41, 5.74) is -0.604. The molecule has 0 unspecified atom stereocenters. The predicted octanol–water partition coefficient (Wildman–Crippen LogP) is -2.15. The number of rotatable bonds is 12. The molecule has 1 rings (SSSR count). The highest BCUT2D eigenvalue weighted by molar-refractivity contribution is 5.49. The van der Waals surface area contributed by atoms with E-state index in [0.29, 0.717) is 25.0 Å². The van der Waals surface area contributed by atoms with E-state index in [1.54, 1.807) is 6.20 Å². The Bertz CT molecular complexity index is 431. The van der Waals surface area contributed by atoms with Crippen LogP contribution in [0.25, 0.3) is 0 Å². The van der Waals surface area contributed by atoms with Gasteiger partial charge in [0.05, 0.1) is 38.7 Å². The Kier molecular flexibility index (Phi) is 8.13. The van der Waals surface area contributed by atoms with Crippen LogP contribution in [-0.2, 0) is 21.5 Å². The van der Waals surface area contributed by atoms with Crippen molar-refractivity contribution in [3.05, 3.63) is 11.9 Å². The fourth-order valence-corrected chi connectivity index (χ4v) is 1.80. The fourth-order valence-electron chi connectivity index (χ4n) is 1.80. The Labute approximate surface area is 128 Å². The molecule has 1 heterocycles. The second kappa shape index (κ2) is 9.59. The molecule has 0 fully saturated rings. The molecule has 0 bridgehead atoms. The van der Waals surface area contributed by atoms with Crippen LogP contribution in [0.2, 0.25) is 0 Å². The molecule has 0 aromatic carbocycles. The maximum absolute atomic E-state index is 10.3. The lowest BCUT2D eigenvalue weighted by atomic mass is 10.0. The third kappa shape index (κ3) is 4.82. The summed E-state index contributed by atoms with van der Waals surface area (Å²) < 4.78 is 6.61. The molecule has 0 atom stereocenters. The molecule has 0 radical (unpaired) electrons. The summed E-state index contributed by atoms with van der Waals surface area (Å²) in [7, 11) is 0. The van der Waals surface area contributed by atoms with Gasteiger partial charge in [-0.15, -0.1) is 5.10 Å². The number of hydrogen-bond acceptors (Lipinski definition) is 8. The lowest BCUT2D eigenvalue weighted by molar-refractivity contribution is -0.107. The van der Waals surface area contributed by atoms with Crippen LogP contribution in [0.5, 0.6) is 0 Å². The van der Waals surface area contributed by atoms with E-state index in [4.69, 9.17) is 14.9 Å². The van der Waals surface area contributed by atoms with Crippen molar-refractivity contribution in [3.63, 3.8) is 0 Å². The number of nitrogens with zero attached hydrogens (tertiary/aromatic N) is 3. The topological polar surface area (TPSA) is 138 Å². The zero-order chi connectivity index (χ0) is 16.4. The molecule has 0 aliphatic carbocycles. The van der Waals surface area contributed by atoms with Crippen molar-refractivity contribution in [2.45, 2.75) is 30.9 Å². The SMILES string of the molecule is O=CCCCc1cn(C(CO)(CO)COC(CO)CO)nn1. The van der Waals surface area contributed by atoms with Crippen LogP contribution >= 0.6 is 0 Å². The first kappa shape index (κ1) is 18.7. The Morgan fingerprint density at radius 1 is 1.27 bits per heavy atom. The molecule has 126 valence electrons. The van der Waals surface area contributed by atoms with Gasteiger partial charge in [-0.2, -0.15) is 0 Å². The van der Waals surface area contributed by atoms with Crippen molar-refractivity contribution < 1.29 is 30.0 Å². The van der Waals surface area contributed by atoms with Crippen molar-refractivity contribution in [1.82, 2.24) is 15.0 Å². The monoisotopic (exact) mass is 317 g/mol. The van der Waals surface area contributed by atoms with Crippen LogP contribution in [0.3, 0.4) is 0 Å². The van der Waals surface area contributed by atoms with Crippen LogP contribution in [0.1, 0.15) is 18.5 Å². The first-order valence-electron chi connectivity index (χ1n) is 7.06. The minimum Gasteiger partial charge on any atom is -0.394 e. The number of aryl methyl sites for hydroxylation is 1. The molecule has 9 nitrogen and oxygen atoms in total. The quantitative estimate of drug-likeness (QED) is 0.253. The molecular weight excluding hydrogens is 294 g/mol. The first-order chi connectivity index (χ1) is 10.7. The number of carbonyl (C=O) groups is 1. The molecule has 0 aliphatic rings. The van der Waals surface area contributed by atoms with Gasteiger partial charge in [-0.25, -0.2) is 4.68 Å². The van der Waals surface area contributed by atoms with Crippen LogP contribution in [0, 0.1) is 0 Å². The largest absolute Gasteiger partial charge is 0.394 e. The number of aldehydes is 1. The second-order valence-corrected chi connectivity index (χ2v) is 5.05. The summed E-state index contributed by atoms with van der Waals surface area (Å²) in [6.07, 6.45) is 3.23. The van der Waals surface area contributed by atoms with Gasteiger partial charge in [0.2, 0.25) is 0 Å². The number of carbonyl (C=O) groups excluding carboxylic acids is 1. The summed E-state index contributed by atoms with van der Waals surface area (Å²) in [4.78, 5) is 10.3. The van der Waals surface area contributed by atoms with E-state index >= 15 is 0 Å². The zero-order valence-electron chi connectivity index (χ0n) is 12.3. The fraction of sp³-hybridized carbons (Fsp3) is 0.769. The molecule has 1 aromatic rings. The van der Waals surface area contributed by atoms with Crippen molar-refractivity contribution in [3.8, 4) is 0 Å². The Morgan fingerprint density at radius 3 is 2.50 bits per heavy atom. The Hall–Kier alpha value is -1.39. The molecule has 0 aliphatic heterocycles. The van der Waals surface area contributed by atoms with Gasteiger partial charge < -0.3 is 30.0 Å². The average molecular weight is 317 g/mol. The molecule has 22 heavy (non-hydrogen) atoms. The number of unbranched alkanes of at least 4 members (excludes halogenated alkanes) is 1. The summed E-state index contributed by atoms with van der Waals surface area (Å²) in [5.74, 6) is 0. The van der Waals surface area contributed by atoms with Crippen LogP contribution in [0.15, 0.2) is 6.20 Å². The van der Waals surface area contributed by atoms with E-state index in [1.807, 2.05) is 0 Å². The van der Waals surface area contributed by atoms with E-state index < -0.39 is 24.9 Å². The number of hydrogen-bond donors (Lipinski definition) is 4. The van der Waals surface area contributed by atoms with Crippen molar-refractivity contribution in [2.24, 2.45) is 0 Å². The molecule has 0 amide bonds. The maximum Gasteiger partial charge on any atom is 0.133 e.